The third-order valence-electron chi connectivity index (χ3n) is 3.59. The van der Waals surface area contributed by atoms with E-state index in [1.54, 1.807) is 18.6 Å². The van der Waals surface area contributed by atoms with E-state index in [2.05, 4.69) is 9.97 Å². The van der Waals surface area contributed by atoms with Gasteiger partial charge < -0.3 is 5.73 Å². The first-order valence-electron chi connectivity index (χ1n) is 6.50. The maximum Gasteiger partial charge on any atom is 0.133 e. The molecule has 2 aromatic rings. The van der Waals surface area contributed by atoms with Gasteiger partial charge in [-0.3, -0.25) is 14.9 Å². The number of halogens is 2. The molecule has 0 aliphatic rings. The fraction of sp³-hybridized carbons (Fsp3) is 0.333. The van der Waals surface area contributed by atoms with Crippen molar-refractivity contribution in [2.75, 3.05) is 20.0 Å². The second-order valence-electron chi connectivity index (χ2n) is 5.06. The molecule has 1 aromatic carbocycles. The number of hydrogen-bond acceptors (Lipinski definition) is 4. The molecular weight excluding hydrogens is 307 g/mol. The fourth-order valence-electron chi connectivity index (χ4n) is 2.72. The van der Waals surface area contributed by atoms with Crippen molar-refractivity contribution in [2.24, 2.45) is 5.73 Å². The van der Waals surface area contributed by atoms with Crippen LogP contribution in [0.25, 0.3) is 0 Å². The summed E-state index contributed by atoms with van der Waals surface area (Å²) in [7, 11) is 3.80. The van der Waals surface area contributed by atoms with Gasteiger partial charge in [0.05, 0.1) is 17.8 Å². The molecular formula is C15H18Cl2N4. The van der Waals surface area contributed by atoms with Gasteiger partial charge in [0, 0.05) is 12.4 Å². The third-order valence-corrected chi connectivity index (χ3v) is 4.56. The minimum atomic E-state index is -1.25. The summed E-state index contributed by atoms with van der Waals surface area (Å²) >= 11 is 12.7. The molecule has 0 saturated heterocycles. The van der Waals surface area contributed by atoms with Crippen LogP contribution in [-0.4, -0.2) is 39.8 Å². The molecule has 21 heavy (non-hydrogen) atoms. The van der Waals surface area contributed by atoms with Crippen molar-refractivity contribution in [3.05, 3.63) is 60.2 Å². The highest BCUT2D eigenvalue weighted by Crippen LogP contribution is 2.44. The summed E-state index contributed by atoms with van der Waals surface area (Å²) in [5, 5.41) is 0. The molecule has 0 aliphatic carbocycles. The van der Waals surface area contributed by atoms with Crippen LogP contribution in [0.3, 0.4) is 0 Å². The Kier molecular flexibility index (Phi) is 4.84. The van der Waals surface area contributed by atoms with Crippen molar-refractivity contribution >= 4 is 23.2 Å². The van der Waals surface area contributed by atoms with Crippen LogP contribution in [0.5, 0.6) is 0 Å². The number of alkyl halides is 2. The first-order chi connectivity index (χ1) is 9.96. The Hall–Kier alpha value is -1.20. The fourth-order valence-corrected chi connectivity index (χ4v) is 3.29. The summed E-state index contributed by atoms with van der Waals surface area (Å²) in [4.78, 5) is 9.27. The minimum Gasteiger partial charge on any atom is -0.310 e. The highest BCUT2D eigenvalue weighted by Gasteiger charge is 2.53. The number of aromatic nitrogens is 2. The van der Waals surface area contributed by atoms with Crippen molar-refractivity contribution in [1.82, 2.24) is 14.9 Å². The van der Waals surface area contributed by atoms with E-state index in [1.165, 1.54) is 0 Å². The Morgan fingerprint density at radius 3 is 2.33 bits per heavy atom. The molecule has 0 saturated carbocycles. The molecule has 0 radical (unpaired) electrons. The number of rotatable bonds is 5. The average Bonchev–Trinajstić information content (AvgIpc) is 2.49. The lowest BCUT2D eigenvalue weighted by molar-refractivity contribution is 0.144. The quantitative estimate of drug-likeness (QED) is 0.678. The predicted molar refractivity (Wildman–Crippen MR) is 86.4 cm³/mol. The number of benzene rings is 1. The molecule has 0 bridgehead atoms. The van der Waals surface area contributed by atoms with Gasteiger partial charge in [-0.2, -0.15) is 0 Å². The van der Waals surface area contributed by atoms with Gasteiger partial charge in [-0.15, -0.1) is 11.6 Å². The van der Waals surface area contributed by atoms with Crippen LogP contribution in [0.2, 0.25) is 0 Å². The second-order valence-corrected chi connectivity index (χ2v) is 6.00. The van der Waals surface area contributed by atoms with E-state index in [0.29, 0.717) is 5.69 Å². The van der Waals surface area contributed by atoms with Crippen molar-refractivity contribution < 1.29 is 0 Å². The molecule has 0 aliphatic heterocycles. The molecule has 2 unspecified atom stereocenters. The first-order valence-corrected chi connectivity index (χ1v) is 7.41. The lowest BCUT2D eigenvalue weighted by Crippen LogP contribution is -2.63. The van der Waals surface area contributed by atoms with Crippen molar-refractivity contribution in [1.29, 1.82) is 0 Å². The molecule has 6 heteroatoms. The van der Waals surface area contributed by atoms with Crippen LogP contribution >= 0.6 is 23.2 Å². The maximum atomic E-state index is 6.64. The molecule has 2 N–H and O–H groups in total. The normalized spacial score (nSPS) is 17.2. The molecule has 4 nitrogen and oxygen atoms in total. The van der Waals surface area contributed by atoms with Gasteiger partial charge in [0.15, 0.2) is 0 Å². The van der Waals surface area contributed by atoms with Crippen molar-refractivity contribution in [2.45, 2.75) is 10.5 Å². The highest BCUT2D eigenvalue weighted by atomic mass is 35.5. The van der Waals surface area contributed by atoms with Gasteiger partial charge >= 0.3 is 0 Å². The van der Waals surface area contributed by atoms with Crippen molar-refractivity contribution in [3.63, 3.8) is 0 Å². The number of nitrogens with zero attached hydrogens (tertiary/aromatic N) is 3. The number of nitrogens with two attached hydrogens (primary N) is 1. The van der Waals surface area contributed by atoms with Gasteiger partial charge in [-0.05, 0) is 19.7 Å². The second kappa shape index (κ2) is 6.28. The summed E-state index contributed by atoms with van der Waals surface area (Å²) in [5.41, 5.74) is 7.05. The van der Waals surface area contributed by atoms with Crippen molar-refractivity contribution in [3.8, 4) is 0 Å². The van der Waals surface area contributed by atoms with Gasteiger partial charge in [0.25, 0.3) is 0 Å². The predicted octanol–water partition coefficient (Wildman–Crippen LogP) is 2.41. The van der Waals surface area contributed by atoms with E-state index < -0.39 is 10.5 Å². The van der Waals surface area contributed by atoms with E-state index in [-0.39, 0.29) is 5.88 Å². The van der Waals surface area contributed by atoms with Crippen LogP contribution in [0.15, 0.2) is 48.9 Å². The van der Waals surface area contributed by atoms with Gasteiger partial charge in [-0.1, -0.05) is 41.9 Å². The van der Waals surface area contributed by atoms with Crippen LogP contribution in [-0.2, 0) is 5.54 Å². The van der Waals surface area contributed by atoms with E-state index in [4.69, 9.17) is 28.9 Å². The number of likely N-dealkylation sites (N-methyl/N-ethyl adjacent to an activating group) is 1. The summed E-state index contributed by atoms with van der Waals surface area (Å²) < 4.78 is 0. The molecule has 2 atom stereocenters. The summed E-state index contributed by atoms with van der Waals surface area (Å²) in [6, 6.07) is 9.74. The third kappa shape index (κ3) is 2.64. The van der Waals surface area contributed by atoms with Crippen LogP contribution in [0.1, 0.15) is 11.3 Å². The SMILES string of the molecule is CN(C)C(c1ccccc1)(c1cnccn1)C(N)(Cl)CCl. The molecule has 0 amide bonds. The Morgan fingerprint density at radius 1 is 1.19 bits per heavy atom. The molecule has 1 aromatic heterocycles. The topological polar surface area (TPSA) is 55.0 Å². The maximum absolute atomic E-state index is 6.64. The minimum absolute atomic E-state index is 0.0538. The van der Waals surface area contributed by atoms with E-state index >= 15 is 0 Å². The van der Waals surface area contributed by atoms with E-state index in [9.17, 15) is 0 Å². The Labute approximate surface area is 134 Å². The zero-order valence-corrected chi connectivity index (χ0v) is 13.5. The molecule has 1 heterocycles. The van der Waals surface area contributed by atoms with Crippen LogP contribution < -0.4 is 5.73 Å². The highest BCUT2D eigenvalue weighted by molar-refractivity contribution is 6.31. The smallest absolute Gasteiger partial charge is 0.133 e. The van der Waals surface area contributed by atoms with E-state index in [1.807, 2.05) is 49.3 Å². The lowest BCUT2D eigenvalue weighted by Gasteiger charge is -2.48. The first kappa shape index (κ1) is 16.2. The van der Waals surface area contributed by atoms with Crippen LogP contribution in [0.4, 0.5) is 0 Å². The van der Waals surface area contributed by atoms with Gasteiger partial charge in [-0.25, -0.2) is 0 Å². The standard InChI is InChI=1S/C15H18Cl2N4/c1-21(2)15(14(17,18)11-16,12-6-4-3-5-7-12)13-10-19-8-9-20-13/h3-10H,11,18H2,1-2H3. The average molecular weight is 325 g/mol. The lowest BCUT2D eigenvalue weighted by atomic mass is 9.79. The number of hydrogen-bond donors (Lipinski definition) is 1. The molecule has 2 rings (SSSR count). The molecule has 0 spiro atoms. The summed E-state index contributed by atoms with van der Waals surface area (Å²) in [6.07, 6.45) is 4.91. The molecule has 0 fully saturated rings. The van der Waals surface area contributed by atoms with Gasteiger partial charge in [0.1, 0.15) is 10.5 Å². The zero-order valence-electron chi connectivity index (χ0n) is 12.0. The summed E-state index contributed by atoms with van der Waals surface area (Å²) in [6.45, 7) is 0. The molecule has 112 valence electrons. The Balaban J connectivity index is 2.80. The van der Waals surface area contributed by atoms with Gasteiger partial charge in [0.2, 0.25) is 0 Å². The summed E-state index contributed by atoms with van der Waals surface area (Å²) in [5.74, 6) is 0.0538. The Morgan fingerprint density at radius 2 is 1.86 bits per heavy atom. The largest absolute Gasteiger partial charge is 0.310 e. The zero-order chi connectivity index (χ0) is 15.5. The monoisotopic (exact) mass is 324 g/mol. The van der Waals surface area contributed by atoms with E-state index in [0.717, 1.165) is 5.56 Å². The van der Waals surface area contributed by atoms with Crippen LogP contribution in [0, 0.1) is 0 Å². The Bertz CT molecular complexity index is 533.